The van der Waals surface area contributed by atoms with Crippen molar-refractivity contribution in [3.05, 3.63) is 34.6 Å². The lowest BCUT2D eigenvalue weighted by atomic mass is 9.98. The lowest BCUT2D eigenvalue weighted by Crippen LogP contribution is -2.33. The molecule has 3 N–H and O–H groups in total. The molecule has 0 radical (unpaired) electrons. The van der Waals surface area contributed by atoms with E-state index in [2.05, 4.69) is 5.32 Å². The van der Waals surface area contributed by atoms with E-state index in [-0.39, 0.29) is 5.02 Å². The van der Waals surface area contributed by atoms with E-state index >= 15 is 0 Å². The minimum absolute atomic E-state index is 0.0517. The zero-order valence-electron chi connectivity index (χ0n) is 11.4. The number of nitrogens with two attached hydrogens (primary N) is 1. The van der Waals surface area contributed by atoms with Crippen LogP contribution in [0.5, 0.6) is 0 Å². The average molecular weight is 299 g/mol. The average Bonchev–Trinajstić information content (AvgIpc) is 2.91. The first-order valence-electron chi connectivity index (χ1n) is 7.03. The largest absolute Gasteiger partial charge is 0.369 e. The highest BCUT2D eigenvalue weighted by Gasteiger charge is 2.20. The molecular formula is C15H20ClFN2O. The van der Waals surface area contributed by atoms with Crippen LogP contribution in [0.15, 0.2) is 18.2 Å². The van der Waals surface area contributed by atoms with E-state index in [0.29, 0.717) is 18.0 Å². The molecule has 1 aromatic carbocycles. The van der Waals surface area contributed by atoms with Crippen LogP contribution in [0.25, 0.3) is 0 Å². The van der Waals surface area contributed by atoms with Crippen LogP contribution in [0.1, 0.15) is 37.2 Å². The van der Waals surface area contributed by atoms with Crippen LogP contribution in [0.2, 0.25) is 5.02 Å². The van der Waals surface area contributed by atoms with Gasteiger partial charge in [-0.1, -0.05) is 30.5 Å². The van der Waals surface area contributed by atoms with Crippen LogP contribution in [0, 0.1) is 11.7 Å². The molecule has 0 heterocycles. The van der Waals surface area contributed by atoms with Crippen LogP contribution < -0.4 is 11.1 Å². The molecule has 0 spiro atoms. The van der Waals surface area contributed by atoms with E-state index in [1.54, 1.807) is 6.07 Å². The fourth-order valence-corrected chi connectivity index (χ4v) is 2.88. The standard InChI is InChI=1S/C15H20ClFN2O/c16-13-6-5-11(7-14(13)17)12(15(18)20)9-19-8-10-3-1-2-4-10/h5-7,10,12,19H,1-4,8-9H2,(H2,18,20)/t12-/m1/s1. The monoisotopic (exact) mass is 298 g/mol. The van der Waals surface area contributed by atoms with Gasteiger partial charge in [0.2, 0.25) is 5.91 Å². The highest BCUT2D eigenvalue weighted by atomic mass is 35.5. The van der Waals surface area contributed by atoms with Crippen LogP contribution in [0.3, 0.4) is 0 Å². The zero-order valence-corrected chi connectivity index (χ0v) is 12.1. The third-order valence-corrected chi connectivity index (χ3v) is 4.25. The molecule has 0 aromatic heterocycles. The van der Waals surface area contributed by atoms with Gasteiger partial charge in [-0.25, -0.2) is 4.39 Å². The predicted octanol–water partition coefficient (Wildman–Crippen LogP) is 2.83. The first kappa shape index (κ1) is 15.3. The van der Waals surface area contributed by atoms with Crippen molar-refractivity contribution < 1.29 is 9.18 Å². The number of amides is 1. The Balaban J connectivity index is 1.95. The zero-order chi connectivity index (χ0) is 14.5. The van der Waals surface area contributed by atoms with Crippen molar-refractivity contribution in [1.29, 1.82) is 0 Å². The molecule has 1 aliphatic rings. The lowest BCUT2D eigenvalue weighted by molar-refractivity contribution is -0.119. The van der Waals surface area contributed by atoms with E-state index in [4.69, 9.17) is 17.3 Å². The first-order valence-corrected chi connectivity index (χ1v) is 7.40. The van der Waals surface area contributed by atoms with Crippen molar-refractivity contribution in [2.75, 3.05) is 13.1 Å². The molecular weight excluding hydrogens is 279 g/mol. The van der Waals surface area contributed by atoms with Gasteiger partial charge in [0, 0.05) is 6.54 Å². The maximum atomic E-state index is 13.5. The molecule has 2 rings (SSSR count). The maximum Gasteiger partial charge on any atom is 0.226 e. The second kappa shape index (κ2) is 7.04. The van der Waals surface area contributed by atoms with Crippen LogP contribution in [0.4, 0.5) is 4.39 Å². The minimum Gasteiger partial charge on any atom is -0.369 e. The van der Waals surface area contributed by atoms with E-state index in [9.17, 15) is 9.18 Å². The van der Waals surface area contributed by atoms with Gasteiger partial charge in [0.05, 0.1) is 10.9 Å². The summed E-state index contributed by atoms with van der Waals surface area (Å²) in [6.07, 6.45) is 5.05. The second-order valence-electron chi connectivity index (χ2n) is 5.44. The summed E-state index contributed by atoms with van der Waals surface area (Å²) in [5.41, 5.74) is 5.98. The third-order valence-electron chi connectivity index (χ3n) is 3.95. The summed E-state index contributed by atoms with van der Waals surface area (Å²) in [5.74, 6) is -0.814. The van der Waals surface area contributed by atoms with Gasteiger partial charge in [-0.05, 0) is 43.0 Å². The number of hydrogen-bond acceptors (Lipinski definition) is 2. The highest BCUT2D eigenvalue weighted by molar-refractivity contribution is 6.30. The summed E-state index contributed by atoms with van der Waals surface area (Å²) < 4.78 is 13.5. The smallest absolute Gasteiger partial charge is 0.226 e. The Kier molecular flexibility index (Phi) is 5.38. The second-order valence-corrected chi connectivity index (χ2v) is 5.84. The Morgan fingerprint density at radius 3 is 2.75 bits per heavy atom. The Labute approximate surface area is 123 Å². The van der Waals surface area contributed by atoms with Crippen molar-refractivity contribution in [1.82, 2.24) is 5.32 Å². The Morgan fingerprint density at radius 2 is 2.15 bits per heavy atom. The molecule has 1 amide bonds. The maximum absolute atomic E-state index is 13.5. The van der Waals surface area contributed by atoms with Gasteiger partial charge in [0.15, 0.2) is 0 Å². The van der Waals surface area contributed by atoms with Crippen molar-refractivity contribution in [3.63, 3.8) is 0 Å². The number of hydrogen-bond donors (Lipinski definition) is 2. The molecule has 1 atom stereocenters. The van der Waals surface area contributed by atoms with Crippen molar-refractivity contribution in [2.24, 2.45) is 11.7 Å². The van der Waals surface area contributed by atoms with E-state index in [1.807, 2.05) is 0 Å². The molecule has 1 saturated carbocycles. The third kappa shape index (κ3) is 3.93. The van der Waals surface area contributed by atoms with Crippen molar-refractivity contribution >= 4 is 17.5 Å². The molecule has 1 aliphatic carbocycles. The minimum atomic E-state index is -0.525. The van der Waals surface area contributed by atoms with Gasteiger partial charge in [-0.3, -0.25) is 4.79 Å². The molecule has 0 unspecified atom stereocenters. The van der Waals surface area contributed by atoms with E-state index < -0.39 is 17.6 Å². The molecule has 0 aliphatic heterocycles. The van der Waals surface area contributed by atoms with Gasteiger partial charge in [-0.15, -0.1) is 0 Å². The van der Waals surface area contributed by atoms with E-state index in [1.165, 1.54) is 37.8 Å². The fourth-order valence-electron chi connectivity index (χ4n) is 2.76. The number of primary amides is 1. The number of carbonyl (C=O) groups is 1. The van der Waals surface area contributed by atoms with E-state index in [0.717, 1.165) is 6.54 Å². The molecule has 0 bridgehead atoms. The topological polar surface area (TPSA) is 55.1 Å². The molecule has 110 valence electrons. The van der Waals surface area contributed by atoms with Crippen molar-refractivity contribution in [3.8, 4) is 0 Å². The first-order chi connectivity index (χ1) is 9.58. The summed E-state index contributed by atoms with van der Waals surface area (Å²) in [7, 11) is 0. The fraction of sp³-hybridized carbons (Fsp3) is 0.533. The van der Waals surface area contributed by atoms with Crippen molar-refractivity contribution in [2.45, 2.75) is 31.6 Å². The van der Waals surface area contributed by atoms with Gasteiger partial charge in [-0.2, -0.15) is 0 Å². The summed E-state index contributed by atoms with van der Waals surface area (Å²) in [4.78, 5) is 11.6. The van der Waals surface area contributed by atoms with Crippen LogP contribution in [-0.2, 0) is 4.79 Å². The quantitative estimate of drug-likeness (QED) is 0.848. The number of nitrogens with one attached hydrogen (secondary N) is 1. The molecule has 0 saturated heterocycles. The molecule has 3 nitrogen and oxygen atoms in total. The SMILES string of the molecule is NC(=O)[C@H](CNCC1CCCC1)c1ccc(Cl)c(F)c1. The molecule has 1 aromatic rings. The summed E-state index contributed by atoms with van der Waals surface area (Å²) in [6, 6.07) is 4.40. The molecule has 5 heteroatoms. The summed E-state index contributed by atoms with van der Waals surface area (Å²) in [5, 5.41) is 3.34. The molecule has 20 heavy (non-hydrogen) atoms. The summed E-state index contributed by atoms with van der Waals surface area (Å²) in [6.45, 7) is 1.33. The van der Waals surface area contributed by atoms with Crippen LogP contribution >= 0.6 is 11.6 Å². The Bertz CT molecular complexity index is 475. The number of carbonyl (C=O) groups excluding carboxylic acids is 1. The number of benzene rings is 1. The lowest BCUT2D eigenvalue weighted by Gasteiger charge is -2.17. The number of halogens is 2. The van der Waals surface area contributed by atoms with Gasteiger partial charge in [0.1, 0.15) is 5.82 Å². The number of rotatable bonds is 6. The molecule has 1 fully saturated rings. The predicted molar refractivity (Wildman–Crippen MR) is 78.2 cm³/mol. The highest BCUT2D eigenvalue weighted by Crippen LogP contribution is 2.24. The normalized spacial score (nSPS) is 17.3. The van der Waals surface area contributed by atoms with Gasteiger partial charge < -0.3 is 11.1 Å². The Morgan fingerprint density at radius 1 is 1.45 bits per heavy atom. The van der Waals surface area contributed by atoms with Gasteiger partial charge >= 0.3 is 0 Å². The summed E-state index contributed by atoms with van der Waals surface area (Å²) >= 11 is 5.65. The van der Waals surface area contributed by atoms with Gasteiger partial charge in [0.25, 0.3) is 0 Å². The van der Waals surface area contributed by atoms with Crippen LogP contribution in [-0.4, -0.2) is 19.0 Å². The Hall–Kier alpha value is -1.13.